The van der Waals surface area contributed by atoms with E-state index in [0.29, 0.717) is 0 Å². The van der Waals surface area contributed by atoms with Crippen LogP contribution in [0.15, 0.2) is 24.3 Å². The molecule has 1 aromatic rings. The summed E-state index contributed by atoms with van der Waals surface area (Å²) < 4.78 is 17.6. The van der Waals surface area contributed by atoms with Crippen molar-refractivity contribution in [1.82, 2.24) is 0 Å². The van der Waals surface area contributed by atoms with E-state index in [9.17, 15) is 4.39 Å². The summed E-state index contributed by atoms with van der Waals surface area (Å²) in [6.07, 6.45) is -0.119. The summed E-state index contributed by atoms with van der Waals surface area (Å²) in [6, 6.07) is 6.14. The average molecular weight is 168 g/mol. The molecule has 0 aromatic heterocycles. The van der Waals surface area contributed by atoms with Crippen LogP contribution in [0.1, 0.15) is 11.7 Å². The Morgan fingerprint density at radius 3 is 2.50 bits per heavy atom. The maximum absolute atomic E-state index is 12.5. The molecule has 0 bridgehead atoms. The van der Waals surface area contributed by atoms with Gasteiger partial charge in [0.1, 0.15) is 18.0 Å². The second-order valence-corrected chi connectivity index (χ2v) is 2.83. The van der Waals surface area contributed by atoms with E-state index in [0.717, 1.165) is 5.56 Å². The van der Waals surface area contributed by atoms with Gasteiger partial charge in [-0.25, -0.2) is 4.39 Å². The number of halogens is 1. The lowest BCUT2D eigenvalue weighted by molar-refractivity contribution is 0.242. The Kier molecular flexibility index (Phi) is 1.83. The minimum Gasteiger partial charge on any atom is -0.394 e. The first-order valence-corrected chi connectivity index (χ1v) is 3.83. The van der Waals surface area contributed by atoms with E-state index in [4.69, 9.17) is 9.84 Å². The highest BCUT2D eigenvalue weighted by molar-refractivity contribution is 5.22. The molecular formula is C9H9FO2. The topological polar surface area (TPSA) is 32.8 Å². The molecule has 1 saturated heterocycles. The highest BCUT2D eigenvalue weighted by Crippen LogP contribution is 2.37. The number of benzene rings is 1. The van der Waals surface area contributed by atoms with Crippen molar-refractivity contribution in [3.05, 3.63) is 35.6 Å². The molecule has 1 N–H and O–H groups in total. The normalized spacial score (nSPS) is 27.2. The van der Waals surface area contributed by atoms with Crippen molar-refractivity contribution in [3.8, 4) is 0 Å². The second kappa shape index (κ2) is 2.84. The standard InChI is InChI=1S/C9H9FO2/c10-7-3-1-6(2-4-7)9-8(5-11)12-9/h1-4,8-9,11H,5H2/t8-,9+/m1/s1. The van der Waals surface area contributed by atoms with Crippen molar-refractivity contribution in [1.29, 1.82) is 0 Å². The van der Waals surface area contributed by atoms with Crippen molar-refractivity contribution in [2.45, 2.75) is 12.2 Å². The summed E-state index contributed by atoms with van der Waals surface area (Å²) >= 11 is 0. The van der Waals surface area contributed by atoms with Crippen LogP contribution in [0.2, 0.25) is 0 Å². The third kappa shape index (κ3) is 1.33. The highest BCUT2D eigenvalue weighted by Gasteiger charge is 2.39. The fraction of sp³-hybridized carbons (Fsp3) is 0.333. The molecule has 1 aliphatic heterocycles. The van der Waals surface area contributed by atoms with Crippen LogP contribution in [0, 0.1) is 5.82 Å². The SMILES string of the molecule is OC[C@H]1O[C@H]1c1ccc(F)cc1. The van der Waals surface area contributed by atoms with Crippen molar-refractivity contribution in [2.24, 2.45) is 0 Å². The van der Waals surface area contributed by atoms with Crippen LogP contribution in [0.3, 0.4) is 0 Å². The number of aliphatic hydroxyl groups excluding tert-OH is 1. The number of rotatable bonds is 2. The molecule has 2 atom stereocenters. The molecule has 1 aromatic carbocycles. The summed E-state index contributed by atoms with van der Waals surface area (Å²) in [6.45, 7) is 0.0298. The summed E-state index contributed by atoms with van der Waals surface area (Å²) in [5.41, 5.74) is 0.926. The Labute approximate surface area is 69.6 Å². The van der Waals surface area contributed by atoms with Crippen molar-refractivity contribution < 1.29 is 14.2 Å². The largest absolute Gasteiger partial charge is 0.394 e. The van der Waals surface area contributed by atoms with Crippen molar-refractivity contribution in [3.63, 3.8) is 0 Å². The van der Waals surface area contributed by atoms with Gasteiger partial charge < -0.3 is 9.84 Å². The van der Waals surface area contributed by atoms with Crippen molar-refractivity contribution in [2.75, 3.05) is 6.61 Å². The summed E-state index contributed by atoms with van der Waals surface area (Å²) in [5.74, 6) is -0.250. The minimum atomic E-state index is -0.250. The van der Waals surface area contributed by atoms with Gasteiger partial charge in [-0.1, -0.05) is 12.1 Å². The van der Waals surface area contributed by atoms with E-state index < -0.39 is 0 Å². The van der Waals surface area contributed by atoms with Gasteiger partial charge in [0.15, 0.2) is 0 Å². The van der Waals surface area contributed by atoms with Gasteiger partial charge in [-0.05, 0) is 17.7 Å². The zero-order valence-corrected chi connectivity index (χ0v) is 6.40. The lowest BCUT2D eigenvalue weighted by Gasteiger charge is -1.93. The van der Waals surface area contributed by atoms with Gasteiger partial charge in [0.2, 0.25) is 0 Å². The fourth-order valence-corrected chi connectivity index (χ4v) is 1.23. The third-order valence-electron chi connectivity index (χ3n) is 1.96. The lowest BCUT2D eigenvalue weighted by Crippen LogP contribution is -1.94. The first-order chi connectivity index (χ1) is 5.81. The van der Waals surface area contributed by atoms with Crippen molar-refractivity contribution >= 4 is 0 Å². The van der Waals surface area contributed by atoms with Crippen LogP contribution < -0.4 is 0 Å². The lowest BCUT2D eigenvalue weighted by atomic mass is 10.1. The molecule has 3 heteroatoms. The van der Waals surface area contributed by atoms with E-state index in [1.807, 2.05) is 0 Å². The summed E-state index contributed by atoms with van der Waals surface area (Å²) in [5, 5.41) is 8.69. The molecule has 2 rings (SSSR count). The smallest absolute Gasteiger partial charge is 0.123 e. The predicted molar refractivity (Wildman–Crippen MR) is 41.1 cm³/mol. The average Bonchev–Trinajstić information content (AvgIpc) is 2.85. The molecular weight excluding hydrogens is 159 g/mol. The molecule has 1 aliphatic rings. The number of hydrogen-bond acceptors (Lipinski definition) is 2. The Bertz CT molecular complexity index is 270. The monoisotopic (exact) mass is 168 g/mol. The Morgan fingerprint density at radius 1 is 1.33 bits per heavy atom. The third-order valence-corrected chi connectivity index (χ3v) is 1.96. The van der Waals surface area contributed by atoms with Gasteiger partial charge in [-0.15, -0.1) is 0 Å². The Balaban J connectivity index is 2.10. The molecule has 0 spiro atoms. The zero-order valence-electron chi connectivity index (χ0n) is 6.40. The van der Waals surface area contributed by atoms with E-state index >= 15 is 0 Å². The van der Waals surface area contributed by atoms with Crippen LogP contribution in [-0.2, 0) is 4.74 Å². The second-order valence-electron chi connectivity index (χ2n) is 2.83. The molecule has 0 unspecified atom stereocenters. The Morgan fingerprint density at radius 2 is 2.00 bits per heavy atom. The molecule has 0 saturated carbocycles. The molecule has 12 heavy (non-hydrogen) atoms. The fourth-order valence-electron chi connectivity index (χ4n) is 1.23. The predicted octanol–water partition coefficient (Wildman–Crippen LogP) is 1.26. The zero-order chi connectivity index (χ0) is 8.55. The molecule has 0 amide bonds. The van der Waals surface area contributed by atoms with Gasteiger partial charge >= 0.3 is 0 Å². The maximum atomic E-state index is 12.5. The van der Waals surface area contributed by atoms with Crippen LogP contribution in [0.4, 0.5) is 4.39 Å². The molecule has 64 valence electrons. The van der Waals surface area contributed by atoms with Gasteiger partial charge in [0.05, 0.1) is 6.61 Å². The number of ether oxygens (including phenoxy) is 1. The van der Waals surface area contributed by atoms with Crippen LogP contribution in [0.5, 0.6) is 0 Å². The maximum Gasteiger partial charge on any atom is 0.123 e. The molecule has 1 heterocycles. The molecule has 2 nitrogen and oxygen atoms in total. The number of hydrogen-bond donors (Lipinski definition) is 1. The van der Waals surface area contributed by atoms with E-state index in [2.05, 4.69) is 0 Å². The highest BCUT2D eigenvalue weighted by atomic mass is 19.1. The van der Waals surface area contributed by atoms with E-state index in [1.54, 1.807) is 12.1 Å². The molecule has 1 fully saturated rings. The number of epoxide rings is 1. The Hall–Kier alpha value is -0.930. The van der Waals surface area contributed by atoms with Crippen LogP contribution in [0.25, 0.3) is 0 Å². The van der Waals surface area contributed by atoms with Crippen LogP contribution >= 0.6 is 0 Å². The van der Waals surface area contributed by atoms with Gasteiger partial charge in [-0.3, -0.25) is 0 Å². The van der Waals surface area contributed by atoms with Gasteiger partial charge in [0.25, 0.3) is 0 Å². The first-order valence-electron chi connectivity index (χ1n) is 3.83. The summed E-state index contributed by atoms with van der Waals surface area (Å²) in [7, 11) is 0. The molecule has 0 aliphatic carbocycles. The van der Waals surface area contributed by atoms with Gasteiger partial charge in [-0.2, -0.15) is 0 Å². The van der Waals surface area contributed by atoms with E-state index in [1.165, 1.54) is 12.1 Å². The first kappa shape index (κ1) is 7.71. The minimum absolute atomic E-state index is 0.0298. The molecule has 0 radical (unpaired) electrons. The quantitative estimate of drug-likeness (QED) is 0.674. The van der Waals surface area contributed by atoms with Gasteiger partial charge in [0, 0.05) is 0 Å². The summed E-state index contributed by atoms with van der Waals surface area (Å²) in [4.78, 5) is 0. The van der Waals surface area contributed by atoms with E-state index in [-0.39, 0.29) is 24.6 Å². The van der Waals surface area contributed by atoms with Crippen LogP contribution in [-0.4, -0.2) is 17.8 Å². The number of aliphatic hydroxyl groups is 1.